The summed E-state index contributed by atoms with van der Waals surface area (Å²) in [6.07, 6.45) is 3.48. The Kier molecular flexibility index (Phi) is 6.70. The van der Waals surface area contributed by atoms with E-state index in [0.717, 1.165) is 30.9 Å². The lowest BCUT2D eigenvalue weighted by Gasteiger charge is -2.33. The zero-order chi connectivity index (χ0) is 18.4. The maximum absolute atomic E-state index is 11.2. The summed E-state index contributed by atoms with van der Waals surface area (Å²) in [5.41, 5.74) is 2.15. The van der Waals surface area contributed by atoms with Crippen molar-refractivity contribution in [2.75, 3.05) is 19.6 Å². The van der Waals surface area contributed by atoms with Crippen LogP contribution in [0.4, 0.5) is 0 Å². The smallest absolute Gasteiger partial charge is 0.119 e. The van der Waals surface area contributed by atoms with E-state index >= 15 is 0 Å². The number of piperidine rings is 1. The van der Waals surface area contributed by atoms with Gasteiger partial charge in [0.2, 0.25) is 0 Å². The Labute approximate surface area is 157 Å². The van der Waals surface area contributed by atoms with Crippen LogP contribution in [0.2, 0.25) is 0 Å². The van der Waals surface area contributed by atoms with Gasteiger partial charge in [-0.3, -0.25) is 0 Å². The van der Waals surface area contributed by atoms with Gasteiger partial charge in [0.15, 0.2) is 0 Å². The predicted molar refractivity (Wildman–Crippen MR) is 107 cm³/mol. The molecule has 1 aliphatic rings. The average molecular weight is 354 g/mol. The number of aliphatic hydroxyl groups excluding tert-OH is 1. The highest BCUT2D eigenvalue weighted by Crippen LogP contribution is 2.33. The Morgan fingerprint density at radius 3 is 2.15 bits per heavy atom. The molecule has 2 unspecified atom stereocenters. The standard InChI is InChI=1S/C23H31NO2/c1-18(2)26-21-13-11-20(12-14-21)23(25)22(19-9-5-3-6-10-19)17-24-15-7-4-8-16-24/h3,5-6,9-14,18,22-23,25H,4,7-8,15-17H2,1-2H3. The summed E-state index contributed by atoms with van der Waals surface area (Å²) < 4.78 is 5.73. The number of likely N-dealkylation sites (tertiary alicyclic amines) is 1. The van der Waals surface area contributed by atoms with Gasteiger partial charge in [0, 0.05) is 12.5 Å². The molecule has 0 saturated carbocycles. The van der Waals surface area contributed by atoms with Gasteiger partial charge in [0.25, 0.3) is 0 Å². The number of ether oxygens (including phenoxy) is 1. The van der Waals surface area contributed by atoms with E-state index in [4.69, 9.17) is 4.74 Å². The quantitative estimate of drug-likeness (QED) is 0.778. The predicted octanol–water partition coefficient (Wildman–Crippen LogP) is 4.78. The lowest BCUT2D eigenvalue weighted by atomic mass is 9.88. The van der Waals surface area contributed by atoms with Gasteiger partial charge in [0.05, 0.1) is 12.2 Å². The van der Waals surface area contributed by atoms with Crippen molar-refractivity contribution in [3.05, 3.63) is 65.7 Å². The van der Waals surface area contributed by atoms with Crippen LogP contribution >= 0.6 is 0 Å². The minimum absolute atomic E-state index is 0.0752. The third-order valence-electron chi connectivity index (χ3n) is 5.11. The summed E-state index contributed by atoms with van der Waals surface area (Å²) >= 11 is 0. The molecule has 1 saturated heterocycles. The largest absolute Gasteiger partial charge is 0.491 e. The topological polar surface area (TPSA) is 32.7 Å². The molecule has 0 aromatic heterocycles. The van der Waals surface area contributed by atoms with E-state index in [1.807, 2.05) is 44.2 Å². The molecule has 3 rings (SSSR count). The van der Waals surface area contributed by atoms with E-state index in [1.165, 1.54) is 24.8 Å². The molecule has 2 atom stereocenters. The number of hydrogen-bond acceptors (Lipinski definition) is 3. The lowest BCUT2D eigenvalue weighted by molar-refractivity contribution is 0.109. The Bertz CT molecular complexity index is 648. The normalized spacial score (nSPS) is 17.8. The van der Waals surface area contributed by atoms with Crippen LogP contribution in [0.15, 0.2) is 54.6 Å². The Morgan fingerprint density at radius 1 is 0.885 bits per heavy atom. The van der Waals surface area contributed by atoms with Crippen molar-refractivity contribution in [1.82, 2.24) is 4.90 Å². The first-order valence-corrected chi connectivity index (χ1v) is 9.85. The molecule has 1 N–H and O–H groups in total. The molecule has 140 valence electrons. The molecule has 1 fully saturated rings. The van der Waals surface area contributed by atoms with Gasteiger partial charge >= 0.3 is 0 Å². The van der Waals surface area contributed by atoms with Gasteiger partial charge in [0.1, 0.15) is 5.75 Å². The van der Waals surface area contributed by atoms with Gasteiger partial charge in [-0.15, -0.1) is 0 Å². The van der Waals surface area contributed by atoms with Crippen LogP contribution in [0.5, 0.6) is 5.75 Å². The molecule has 0 radical (unpaired) electrons. The Balaban J connectivity index is 1.78. The molecule has 0 spiro atoms. The van der Waals surface area contributed by atoms with Crippen molar-refractivity contribution < 1.29 is 9.84 Å². The molecular formula is C23H31NO2. The van der Waals surface area contributed by atoms with Gasteiger partial charge in [-0.2, -0.15) is 0 Å². The van der Waals surface area contributed by atoms with E-state index in [2.05, 4.69) is 29.2 Å². The van der Waals surface area contributed by atoms with Crippen molar-refractivity contribution in [2.24, 2.45) is 0 Å². The fourth-order valence-corrected chi connectivity index (χ4v) is 3.76. The van der Waals surface area contributed by atoms with Crippen LogP contribution in [0, 0.1) is 0 Å². The molecule has 1 aliphatic heterocycles. The van der Waals surface area contributed by atoms with Crippen LogP contribution in [-0.4, -0.2) is 35.7 Å². The third-order valence-corrected chi connectivity index (χ3v) is 5.11. The molecule has 3 heteroatoms. The first-order valence-electron chi connectivity index (χ1n) is 9.85. The second-order valence-electron chi connectivity index (χ2n) is 7.56. The zero-order valence-electron chi connectivity index (χ0n) is 16.0. The minimum Gasteiger partial charge on any atom is -0.491 e. The van der Waals surface area contributed by atoms with Crippen LogP contribution in [0.25, 0.3) is 0 Å². The monoisotopic (exact) mass is 353 g/mol. The Morgan fingerprint density at radius 2 is 1.54 bits per heavy atom. The molecule has 1 heterocycles. The summed E-state index contributed by atoms with van der Waals surface area (Å²) in [5, 5.41) is 11.2. The zero-order valence-corrected chi connectivity index (χ0v) is 16.0. The third kappa shape index (κ3) is 5.09. The van der Waals surface area contributed by atoms with E-state index in [1.54, 1.807) is 0 Å². The number of rotatable bonds is 7. The van der Waals surface area contributed by atoms with Crippen molar-refractivity contribution in [1.29, 1.82) is 0 Å². The van der Waals surface area contributed by atoms with Crippen molar-refractivity contribution in [2.45, 2.75) is 51.2 Å². The van der Waals surface area contributed by atoms with Crippen molar-refractivity contribution >= 4 is 0 Å². The Hall–Kier alpha value is -1.84. The van der Waals surface area contributed by atoms with Crippen LogP contribution in [-0.2, 0) is 0 Å². The fourth-order valence-electron chi connectivity index (χ4n) is 3.76. The van der Waals surface area contributed by atoms with E-state index in [9.17, 15) is 5.11 Å². The second kappa shape index (κ2) is 9.20. The van der Waals surface area contributed by atoms with Crippen molar-refractivity contribution in [3.63, 3.8) is 0 Å². The first kappa shape index (κ1) is 18.9. The molecule has 2 aromatic carbocycles. The molecule has 3 nitrogen and oxygen atoms in total. The van der Waals surface area contributed by atoms with Gasteiger partial charge in [-0.05, 0) is 63.0 Å². The summed E-state index contributed by atoms with van der Waals surface area (Å²) in [5.74, 6) is 0.925. The minimum atomic E-state index is -0.521. The SMILES string of the molecule is CC(C)Oc1ccc(C(O)C(CN2CCCCC2)c2ccccc2)cc1. The summed E-state index contributed by atoms with van der Waals surface area (Å²) in [7, 11) is 0. The van der Waals surface area contributed by atoms with Gasteiger partial charge in [-0.25, -0.2) is 0 Å². The average Bonchev–Trinajstić information content (AvgIpc) is 2.67. The van der Waals surface area contributed by atoms with Crippen LogP contribution in [0.1, 0.15) is 56.3 Å². The van der Waals surface area contributed by atoms with E-state index < -0.39 is 6.10 Å². The molecule has 26 heavy (non-hydrogen) atoms. The van der Waals surface area contributed by atoms with E-state index in [0.29, 0.717) is 0 Å². The fraction of sp³-hybridized carbons (Fsp3) is 0.478. The molecule has 0 bridgehead atoms. The molecular weight excluding hydrogens is 322 g/mol. The maximum atomic E-state index is 11.2. The van der Waals surface area contributed by atoms with Gasteiger partial charge < -0.3 is 14.7 Å². The summed E-state index contributed by atoms with van der Waals surface area (Å²) in [6.45, 7) is 7.21. The highest BCUT2D eigenvalue weighted by atomic mass is 16.5. The van der Waals surface area contributed by atoms with E-state index in [-0.39, 0.29) is 12.0 Å². The highest BCUT2D eigenvalue weighted by molar-refractivity contribution is 5.32. The number of nitrogens with zero attached hydrogens (tertiary/aromatic N) is 1. The summed E-state index contributed by atoms with van der Waals surface area (Å²) in [4.78, 5) is 2.50. The second-order valence-corrected chi connectivity index (χ2v) is 7.56. The first-order chi connectivity index (χ1) is 12.6. The molecule has 2 aromatic rings. The molecule has 0 aliphatic carbocycles. The number of aliphatic hydroxyl groups is 1. The lowest BCUT2D eigenvalue weighted by Crippen LogP contribution is -2.35. The molecule has 0 amide bonds. The van der Waals surface area contributed by atoms with Crippen LogP contribution in [0.3, 0.4) is 0 Å². The van der Waals surface area contributed by atoms with Crippen molar-refractivity contribution in [3.8, 4) is 5.75 Å². The maximum Gasteiger partial charge on any atom is 0.119 e. The van der Waals surface area contributed by atoms with Crippen LogP contribution < -0.4 is 4.74 Å². The summed E-state index contributed by atoms with van der Waals surface area (Å²) in [6, 6.07) is 18.3. The van der Waals surface area contributed by atoms with Gasteiger partial charge in [-0.1, -0.05) is 48.9 Å². The number of hydrogen-bond donors (Lipinski definition) is 1. The number of benzene rings is 2. The highest BCUT2D eigenvalue weighted by Gasteiger charge is 2.26.